The van der Waals surface area contributed by atoms with E-state index in [-0.39, 0.29) is 47.8 Å². The van der Waals surface area contributed by atoms with Gasteiger partial charge in [0.1, 0.15) is 12.2 Å². The molecule has 0 amide bonds. The second-order valence-corrected chi connectivity index (χ2v) is 9.96. The van der Waals surface area contributed by atoms with Crippen LogP contribution >= 0.6 is 0 Å². The Morgan fingerprint density at radius 2 is 1.00 bits per heavy atom. The zero-order valence-corrected chi connectivity index (χ0v) is 20.6. The summed E-state index contributed by atoms with van der Waals surface area (Å²) < 4.78 is 21.0. The second kappa shape index (κ2) is 13.4. The topological polar surface area (TPSA) is 142 Å². The van der Waals surface area contributed by atoms with Gasteiger partial charge >= 0.3 is 29.8 Å². The van der Waals surface area contributed by atoms with Crippen molar-refractivity contribution < 1.29 is 48.0 Å². The predicted molar refractivity (Wildman–Crippen MR) is 124 cm³/mol. The molecule has 200 valence electrons. The van der Waals surface area contributed by atoms with E-state index in [4.69, 9.17) is 19.3 Å². The molecule has 0 aromatic rings. The normalized spacial score (nSPS) is 30.3. The van der Waals surface area contributed by atoms with Crippen molar-refractivity contribution in [3.8, 4) is 0 Å². The van der Waals surface area contributed by atoms with Crippen LogP contribution in [0.15, 0.2) is 12.7 Å². The van der Waals surface area contributed by atoms with Crippen molar-refractivity contribution in [1.82, 2.24) is 0 Å². The van der Waals surface area contributed by atoms with Gasteiger partial charge < -0.3 is 24.1 Å². The average Bonchev–Trinajstić information content (AvgIpc) is 2.89. The molecule has 0 radical (unpaired) electrons. The maximum atomic E-state index is 12.7. The van der Waals surface area contributed by atoms with Crippen molar-refractivity contribution in [2.75, 3.05) is 6.79 Å². The minimum atomic E-state index is -0.800. The SMILES string of the molecule is C=CC(=O)OCOC(=O)C1CCC(OC(=O)C2CCC(OC(=O)C3CCC(C(=O)O)CC3)CC2)CC1. The summed E-state index contributed by atoms with van der Waals surface area (Å²) in [6.45, 7) is 2.82. The fourth-order valence-electron chi connectivity index (χ4n) is 5.25. The summed E-state index contributed by atoms with van der Waals surface area (Å²) in [6, 6.07) is 0. The largest absolute Gasteiger partial charge is 0.481 e. The highest BCUT2D eigenvalue weighted by Gasteiger charge is 2.35. The van der Waals surface area contributed by atoms with Crippen LogP contribution in [0.2, 0.25) is 0 Å². The van der Waals surface area contributed by atoms with E-state index in [1.54, 1.807) is 0 Å². The van der Waals surface area contributed by atoms with E-state index < -0.39 is 24.7 Å². The standard InChI is InChI=1S/C26H36O10/c1-2-22(27)33-15-34-24(30)17-7-11-20(12-8-17)36-26(32)19-9-13-21(14-10-19)35-25(31)18-5-3-16(4-6-18)23(28)29/h2,16-21H,1,3-15H2,(H,28,29). The molecule has 3 saturated carbocycles. The molecule has 36 heavy (non-hydrogen) atoms. The smallest absolute Gasteiger partial charge is 0.333 e. The monoisotopic (exact) mass is 508 g/mol. The van der Waals surface area contributed by atoms with Crippen LogP contribution in [0, 0.1) is 23.7 Å². The summed E-state index contributed by atoms with van der Waals surface area (Å²) in [5, 5.41) is 9.09. The summed E-state index contributed by atoms with van der Waals surface area (Å²) in [4.78, 5) is 59.3. The van der Waals surface area contributed by atoms with Crippen LogP contribution in [-0.2, 0) is 42.9 Å². The van der Waals surface area contributed by atoms with Gasteiger partial charge in [-0.15, -0.1) is 0 Å². The molecule has 10 nitrogen and oxygen atoms in total. The van der Waals surface area contributed by atoms with Crippen LogP contribution in [0.4, 0.5) is 0 Å². The summed E-state index contributed by atoms with van der Waals surface area (Å²) in [7, 11) is 0. The molecule has 3 aliphatic rings. The van der Waals surface area contributed by atoms with Crippen molar-refractivity contribution in [2.24, 2.45) is 23.7 Å². The van der Waals surface area contributed by atoms with Crippen molar-refractivity contribution >= 4 is 29.8 Å². The maximum Gasteiger partial charge on any atom is 0.333 e. The molecule has 0 spiro atoms. The Kier molecular flexibility index (Phi) is 10.3. The highest BCUT2D eigenvalue weighted by Crippen LogP contribution is 2.33. The Bertz CT molecular complexity index is 813. The number of ether oxygens (including phenoxy) is 4. The highest BCUT2D eigenvalue weighted by molar-refractivity contribution is 5.81. The van der Waals surface area contributed by atoms with Crippen LogP contribution < -0.4 is 0 Å². The van der Waals surface area contributed by atoms with Crippen molar-refractivity contribution in [3.63, 3.8) is 0 Å². The first-order valence-corrected chi connectivity index (χ1v) is 12.9. The minimum Gasteiger partial charge on any atom is -0.481 e. The van der Waals surface area contributed by atoms with E-state index in [9.17, 15) is 24.0 Å². The number of carboxylic acids is 1. The van der Waals surface area contributed by atoms with Crippen LogP contribution in [0.1, 0.15) is 77.0 Å². The Morgan fingerprint density at radius 3 is 1.42 bits per heavy atom. The lowest BCUT2D eigenvalue weighted by molar-refractivity contribution is -0.169. The van der Waals surface area contributed by atoms with Gasteiger partial charge in [-0.2, -0.15) is 0 Å². The lowest BCUT2D eigenvalue weighted by Crippen LogP contribution is -2.34. The summed E-state index contributed by atoms with van der Waals surface area (Å²) in [5.74, 6) is -3.53. The van der Waals surface area contributed by atoms with Crippen LogP contribution in [0.5, 0.6) is 0 Å². The first-order chi connectivity index (χ1) is 17.3. The summed E-state index contributed by atoms with van der Waals surface area (Å²) >= 11 is 0. The number of carboxylic acid groups (broad SMARTS) is 1. The molecule has 3 fully saturated rings. The predicted octanol–water partition coefficient (Wildman–Crippen LogP) is 3.31. The molecule has 0 saturated heterocycles. The molecule has 0 aromatic carbocycles. The van der Waals surface area contributed by atoms with E-state index in [2.05, 4.69) is 11.3 Å². The Labute approximate surface area is 210 Å². The van der Waals surface area contributed by atoms with Gasteiger partial charge in [0.05, 0.1) is 23.7 Å². The van der Waals surface area contributed by atoms with Crippen molar-refractivity contribution in [3.05, 3.63) is 12.7 Å². The third-order valence-corrected chi connectivity index (χ3v) is 7.56. The number of hydrogen-bond donors (Lipinski definition) is 1. The number of carbonyl (C=O) groups excluding carboxylic acids is 4. The van der Waals surface area contributed by atoms with Gasteiger partial charge in [0.2, 0.25) is 6.79 Å². The van der Waals surface area contributed by atoms with Gasteiger partial charge in [0.25, 0.3) is 0 Å². The van der Waals surface area contributed by atoms with E-state index in [0.717, 1.165) is 6.08 Å². The van der Waals surface area contributed by atoms with Gasteiger partial charge in [0.15, 0.2) is 0 Å². The molecular formula is C26H36O10. The van der Waals surface area contributed by atoms with Gasteiger partial charge in [-0.1, -0.05) is 6.58 Å². The lowest BCUT2D eigenvalue weighted by Gasteiger charge is -2.32. The van der Waals surface area contributed by atoms with E-state index in [1.807, 2.05) is 0 Å². The molecule has 0 unspecified atom stereocenters. The average molecular weight is 509 g/mol. The molecule has 3 aliphatic carbocycles. The Morgan fingerprint density at radius 1 is 0.611 bits per heavy atom. The zero-order valence-electron chi connectivity index (χ0n) is 20.6. The van der Waals surface area contributed by atoms with Gasteiger partial charge in [0, 0.05) is 6.08 Å². The molecular weight excluding hydrogens is 472 g/mol. The van der Waals surface area contributed by atoms with E-state index in [0.29, 0.717) is 77.0 Å². The zero-order chi connectivity index (χ0) is 26.1. The maximum absolute atomic E-state index is 12.7. The number of esters is 4. The molecule has 10 heteroatoms. The van der Waals surface area contributed by atoms with E-state index in [1.165, 1.54) is 0 Å². The lowest BCUT2D eigenvalue weighted by atomic mass is 9.82. The molecule has 0 heterocycles. The number of carbonyl (C=O) groups is 5. The highest BCUT2D eigenvalue weighted by atomic mass is 16.7. The minimum absolute atomic E-state index is 0.217. The van der Waals surface area contributed by atoms with Gasteiger partial charge in [-0.25, -0.2) is 4.79 Å². The molecule has 0 aromatic heterocycles. The molecule has 1 N–H and O–H groups in total. The number of rotatable bonds is 9. The fraction of sp³-hybridized carbons (Fsp3) is 0.731. The van der Waals surface area contributed by atoms with E-state index >= 15 is 0 Å². The molecule has 0 atom stereocenters. The first kappa shape index (κ1) is 27.7. The van der Waals surface area contributed by atoms with Crippen molar-refractivity contribution in [2.45, 2.75) is 89.3 Å². The molecule has 0 aliphatic heterocycles. The number of aliphatic carboxylic acids is 1. The van der Waals surface area contributed by atoms with Crippen LogP contribution in [0.3, 0.4) is 0 Å². The summed E-state index contributed by atoms with van der Waals surface area (Å²) in [5.41, 5.74) is 0. The van der Waals surface area contributed by atoms with Crippen LogP contribution in [0.25, 0.3) is 0 Å². The third-order valence-electron chi connectivity index (χ3n) is 7.56. The van der Waals surface area contributed by atoms with Gasteiger partial charge in [-0.3, -0.25) is 19.2 Å². The molecule has 0 bridgehead atoms. The summed E-state index contributed by atoms with van der Waals surface area (Å²) in [6.07, 6.45) is 7.20. The third kappa shape index (κ3) is 8.06. The molecule has 3 rings (SSSR count). The Balaban J connectivity index is 1.30. The Hall–Kier alpha value is -2.91. The fourth-order valence-corrected chi connectivity index (χ4v) is 5.25. The van der Waals surface area contributed by atoms with Crippen molar-refractivity contribution in [1.29, 1.82) is 0 Å². The first-order valence-electron chi connectivity index (χ1n) is 12.9. The number of hydrogen-bond acceptors (Lipinski definition) is 9. The van der Waals surface area contributed by atoms with Gasteiger partial charge in [-0.05, 0) is 77.0 Å². The van der Waals surface area contributed by atoms with Crippen LogP contribution in [-0.4, -0.2) is 54.0 Å². The quantitative estimate of drug-likeness (QED) is 0.213. The second-order valence-electron chi connectivity index (χ2n) is 9.96.